The molecule has 0 unspecified atom stereocenters. The van der Waals surface area contributed by atoms with E-state index in [9.17, 15) is 14.4 Å². The molecule has 0 saturated heterocycles. The number of carbonyl (C=O) groups excluding carboxylic acids is 3. The maximum Gasteiger partial charge on any atom is 0.255 e. The van der Waals surface area contributed by atoms with Crippen molar-refractivity contribution in [2.24, 2.45) is 0 Å². The van der Waals surface area contributed by atoms with Gasteiger partial charge >= 0.3 is 0 Å². The van der Waals surface area contributed by atoms with Crippen LogP contribution in [0.25, 0.3) is 0 Å². The third-order valence-electron chi connectivity index (χ3n) is 3.22. The van der Waals surface area contributed by atoms with Gasteiger partial charge in [-0.3, -0.25) is 14.4 Å². The Labute approximate surface area is 140 Å². The zero-order chi connectivity index (χ0) is 17.5. The molecule has 0 aliphatic rings. The van der Waals surface area contributed by atoms with Crippen molar-refractivity contribution in [1.82, 2.24) is 5.32 Å². The molecule has 0 fully saturated rings. The van der Waals surface area contributed by atoms with Gasteiger partial charge in [0.1, 0.15) is 0 Å². The number of amides is 3. The van der Waals surface area contributed by atoms with Crippen LogP contribution < -0.4 is 16.0 Å². The van der Waals surface area contributed by atoms with Crippen LogP contribution in [0.1, 0.15) is 29.8 Å². The number of benzene rings is 2. The van der Waals surface area contributed by atoms with Crippen molar-refractivity contribution in [3.05, 3.63) is 59.7 Å². The van der Waals surface area contributed by atoms with E-state index >= 15 is 0 Å². The van der Waals surface area contributed by atoms with Crippen molar-refractivity contribution in [2.75, 3.05) is 10.6 Å². The van der Waals surface area contributed by atoms with E-state index in [-0.39, 0.29) is 17.7 Å². The third-order valence-corrected chi connectivity index (χ3v) is 3.22. The molecule has 0 bridgehead atoms. The smallest absolute Gasteiger partial charge is 0.255 e. The molecule has 2 rings (SSSR count). The lowest BCUT2D eigenvalue weighted by atomic mass is 10.1. The normalized spacial score (nSPS) is 9.92. The van der Waals surface area contributed by atoms with Gasteiger partial charge in [-0.1, -0.05) is 12.1 Å². The zero-order valence-corrected chi connectivity index (χ0v) is 13.6. The van der Waals surface area contributed by atoms with Gasteiger partial charge < -0.3 is 16.0 Å². The summed E-state index contributed by atoms with van der Waals surface area (Å²) in [7, 11) is 0. The second kappa shape index (κ2) is 7.92. The fourth-order valence-electron chi connectivity index (χ4n) is 2.04. The highest BCUT2D eigenvalue weighted by molar-refractivity contribution is 6.04. The lowest BCUT2D eigenvalue weighted by molar-refractivity contribution is -0.119. The highest BCUT2D eigenvalue weighted by Gasteiger charge is 2.06. The maximum atomic E-state index is 12.2. The average Bonchev–Trinajstić information content (AvgIpc) is 2.54. The molecule has 124 valence electrons. The summed E-state index contributed by atoms with van der Waals surface area (Å²) < 4.78 is 0. The van der Waals surface area contributed by atoms with Crippen molar-refractivity contribution in [2.45, 2.75) is 20.4 Å². The van der Waals surface area contributed by atoms with Gasteiger partial charge in [-0.15, -0.1) is 0 Å². The topological polar surface area (TPSA) is 87.3 Å². The zero-order valence-electron chi connectivity index (χ0n) is 13.6. The molecule has 0 heterocycles. The highest BCUT2D eigenvalue weighted by Crippen LogP contribution is 2.15. The minimum absolute atomic E-state index is 0.0977. The average molecular weight is 325 g/mol. The predicted octanol–water partition coefficient (Wildman–Crippen LogP) is 2.53. The Morgan fingerprint density at radius 3 is 1.79 bits per heavy atom. The molecule has 3 N–H and O–H groups in total. The Morgan fingerprint density at radius 2 is 1.29 bits per heavy atom. The molecule has 2 aromatic carbocycles. The molecule has 0 aromatic heterocycles. The summed E-state index contributed by atoms with van der Waals surface area (Å²) in [5, 5.41) is 8.15. The Kier molecular flexibility index (Phi) is 5.68. The van der Waals surface area contributed by atoms with E-state index < -0.39 is 0 Å². The van der Waals surface area contributed by atoms with Gasteiger partial charge in [0.15, 0.2) is 0 Å². The minimum atomic E-state index is -0.228. The van der Waals surface area contributed by atoms with E-state index in [1.165, 1.54) is 13.8 Å². The SMILES string of the molecule is CC(=O)NCc1ccc(C(=O)Nc2ccc(NC(C)=O)cc2)cc1. The van der Waals surface area contributed by atoms with Crippen LogP contribution in [0.4, 0.5) is 11.4 Å². The first-order valence-corrected chi connectivity index (χ1v) is 7.46. The molecular formula is C18H19N3O3. The first-order valence-electron chi connectivity index (χ1n) is 7.46. The van der Waals surface area contributed by atoms with Crippen molar-refractivity contribution in [3.63, 3.8) is 0 Å². The van der Waals surface area contributed by atoms with Crippen LogP contribution in [0.5, 0.6) is 0 Å². The van der Waals surface area contributed by atoms with Crippen LogP contribution in [-0.2, 0) is 16.1 Å². The molecule has 0 radical (unpaired) electrons. The lowest BCUT2D eigenvalue weighted by Gasteiger charge is -2.08. The van der Waals surface area contributed by atoms with E-state index in [0.717, 1.165) is 5.56 Å². The molecular weight excluding hydrogens is 306 g/mol. The molecule has 0 saturated carbocycles. The highest BCUT2D eigenvalue weighted by atomic mass is 16.2. The number of hydrogen-bond donors (Lipinski definition) is 3. The summed E-state index contributed by atoms with van der Waals surface area (Å²) in [6.45, 7) is 3.33. The van der Waals surface area contributed by atoms with Gasteiger partial charge in [0.2, 0.25) is 11.8 Å². The van der Waals surface area contributed by atoms with E-state index in [1.54, 1.807) is 48.5 Å². The number of rotatable bonds is 5. The van der Waals surface area contributed by atoms with Crippen LogP contribution in [0.15, 0.2) is 48.5 Å². The minimum Gasteiger partial charge on any atom is -0.352 e. The molecule has 24 heavy (non-hydrogen) atoms. The Hall–Kier alpha value is -3.15. The first-order chi connectivity index (χ1) is 11.4. The van der Waals surface area contributed by atoms with E-state index in [4.69, 9.17) is 0 Å². The third kappa shape index (κ3) is 5.24. The number of anilines is 2. The number of nitrogens with one attached hydrogen (secondary N) is 3. The summed E-state index contributed by atoms with van der Waals surface area (Å²) in [4.78, 5) is 34.1. The maximum absolute atomic E-state index is 12.2. The van der Waals surface area contributed by atoms with E-state index in [2.05, 4.69) is 16.0 Å². The van der Waals surface area contributed by atoms with Crippen molar-refractivity contribution in [1.29, 1.82) is 0 Å². The van der Waals surface area contributed by atoms with Gasteiger partial charge in [0.25, 0.3) is 5.91 Å². The molecule has 0 aliphatic heterocycles. The van der Waals surface area contributed by atoms with Crippen molar-refractivity contribution in [3.8, 4) is 0 Å². The molecule has 6 nitrogen and oxygen atoms in total. The van der Waals surface area contributed by atoms with Gasteiger partial charge in [-0.05, 0) is 42.0 Å². The first kappa shape index (κ1) is 17.2. The summed E-state index contributed by atoms with van der Waals surface area (Å²) in [5.41, 5.74) is 2.74. The Bertz CT molecular complexity index is 737. The molecule has 0 aliphatic carbocycles. The fourth-order valence-corrected chi connectivity index (χ4v) is 2.04. The Balaban J connectivity index is 1.96. The van der Waals surface area contributed by atoms with E-state index in [0.29, 0.717) is 23.5 Å². The van der Waals surface area contributed by atoms with Crippen LogP contribution in [-0.4, -0.2) is 17.7 Å². The standard InChI is InChI=1S/C18H19N3O3/c1-12(22)19-11-14-3-5-15(6-4-14)18(24)21-17-9-7-16(8-10-17)20-13(2)23/h3-10H,11H2,1-2H3,(H,19,22)(H,20,23)(H,21,24). The summed E-state index contributed by atoms with van der Waals surface area (Å²) in [5.74, 6) is -0.473. The Morgan fingerprint density at radius 1 is 0.750 bits per heavy atom. The second-order valence-electron chi connectivity index (χ2n) is 5.32. The summed E-state index contributed by atoms with van der Waals surface area (Å²) >= 11 is 0. The second-order valence-corrected chi connectivity index (χ2v) is 5.32. The molecule has 0 spiro atoms. The molecule has 3 amide bonds. The van der Waals surface area contributed by atoms with Crippen LogP contribution in [0, 0.1) is 0 Å². The van der Waals surface area contributed by atoms with Gasteiger partial charge in [0, 0.05) is 37.3 Å². The van der Waals surface area contributed by atoms with Crippen molar-refractivity contribution >= 4 is 29.1 Å². The summed E-state index contributed by atoms with van der Waals surface area (Å²) in [6.07, 6.45) is 0. The van der Waals surface area contributed by atoms with Crippen molar-refractivity contribution < 1.29 is 14.4 Å². The lowest BCUT2D eigenvalue weighted by Crippen LogP contribution is -2.19. The van der Waals surface area contributed by atoms with Crippen LogP contribution in [0.2, 0.25) is 0 Å². The fraction of sp³-hybridized carbons (Fsp3) is 0.167. The number of hydrogen-bond acceptors (Lipinski definition) is 3. The van der Waals surface area contributed by atoms with Crippen LogP contribution in [0.3, 0.4) is 0 Å². The summed E-state index contributed by atoms with van der Waals surface area (Å²) in [6, 6.07) is 13.9. The van der Waals surface area contributed by atoms with Crippen LogP contribution >= 0.6 is 0 Å². The number of carbonyl (C=O) groups is 3. The predicted molar refractivity (Wildman–Crippen MR) is 92.7 cm³/mol. The monoisotopic (exact) mass is 325 g/mol. The van der Waals surface area contributed by atoms with Gasteiger partial charge in [-0.2, -0.15) is 0 Å². The molecule has 6 heteroatoms. The molecule has 2 aromatic rings. The van der Waals surface area contributed by atoms with Gasteiger partial charge in [0.05, 0.1) is 0 Å². The molecule has 0 atom stereocenters. The quantitative estimate of drug-likeness (QED) is 0.789. The van der Waals surface area contributed by atoms with Gasteiger partial charge in [-0.25, -0.2) is 0 Å². The largest absolute Gasteiger partial charge is 0.352 e. The van der Waals surface area contributed by atoms with E-state index in [1.807, 2.05) is 0 Å².